The second-order valence-corrected chi connectivity index (χ2v) is 5.72. The molecule has 7 heteroatoms. The molecule has 0 spiro atoms. The Morgan fingerprint density at radius 3 is 2.53 bits per heavy atom. The van der Waals surface area contributed by atoms with Gasteiger partial charge >= 0.3 is 6.03 Å². The van der Waals surface area contributed by atoms with Gasteiger partial charge in [0.1, 0.15) is 4.90 Å². The predicted molar refractivity (Wildman–Crippen MR) is 63.1 cm³/mol. The maximum Gasteiger partial charge on any atom is 0.337 e. The molecular formula is C10H13N3O3S. The fraction of sp³-hybridized carbons (Fsp3) is 0.300. The molecule has 6 nitrogen and oxygen atoms in total. The second-order valence-electron chi connectivity index (χ2n) is 3.78. The van der Waals surface area contributed by atoms with Crippen molar-refractivity contribution < 1.29 is 13.2 Å². The molecule has 0 aromatic heterocycles. The Morgan fingerprint density at radius 2 is 1.94 bits per heavy atom. The topological polar surface area (TPSA) is 83.7 Å². The van der Waals surface area contributed by atoms with Gasteiger partial charge in [-0.05, 0) is 11.6 Å². The summed E-state index contributed by atoms with van der Waals surface area (Å²) in [5.41, 5.74) is 6.57. The minimum Gasteiger partial charge on any atom is -0.326 e. The summed E-state index contributed by atoms with van der Waals surface area (Å²) >= 11 is 0. The molecule has 92 valence electrons. The van der Waals surface area contributed by atoms with Gasteiger partial charge in [0.05, 0.1) is 5.69 Å². The fourth-order valence-electron chi connectivity index (χ4n) is 1.88. The van der Waals surface area contributed by atoms with Gasteiger partial charge in [0.15, 0.2) is 0 Å². The van der Waals surface area contributed by atoms with Crippen LogP contribution in [0.5, 0.6) is 0 Å². The van der Waals surface area contributed by atoms with E-state index in [-0.39, 0.29) is 11.4 Å². The standard InChI is InChI=1S/C10H13N3O3S/c1-12-9-7(6-11)4-3-5-8(9)17(15,16)13(2)10(12)14/h3-5H,6,11H2,1-2H3. The van der Waals surface area contributed by atoms with Crippen molar-refractivity contribution in [3.05, 3.63) is 23.8 Å². The zero-order valence-corrected chi connectivity index (χ0v) is 10.4. The number of carbonyl (C=O) groups is 1. The van der Waals surface area contributed by atoms with E-state index >= 15 is 0 Å². The summed E-state index contributed by atoms with van der Waals surface area (Å²) in [5.74, 6) is 0. The van der Waals surface area contributed by atoms with Crippen molar-refractivity contribution in [2.24, 2.45) is 5.73 Å². The fourth-order valence-corrected chi connectivity index (χ4v) is 3.26. The molecule has 17 heavy (non-hydrogen) atoms. The summed E-state index contributed by atoms with van der Waals surface area (Å²) in [4.78, 5) is 13.2. The van der Waals surface area contributed by atoms with Crippen molar-refractivity contribution in [2.45, 2.75) is 11.4 Å². The van der Waals surface area contributed by atoms with Crippen LogP contribution in [0.4, 0.5) is 10.5 Å². The summed E-state index contributed by atoms with van der Waals surface area (Å²) in [6.07, 6.45) is 0. The molecule has 0 saturated heterocycles. The number of hydrogen-bond donors (Lipinski definition) is 1. The van der Waals surface area contributed by atoms with E-state index in [1.165, 1.54) is 25.1 Å². The largest absolute Gasteiger partial charge is 0.337 e. The molecule has 0 aliphatic carbocycles. The van der Waals surface area contributed by atoms with E-state index in [0.29, 0.717) is 11.3 Å². The summed E-state index contributed by atoms with van der Waals surface area (Å²) in [6.45, 7) is 0.181. The van der Waals surface area contributed by atoms with Crippen molar-refractivity contribution in [1.82, 2.24) is 4.31 Å². The molecule has 0 fully saturated rings. The third-order valence-electron chi connectivity index (χ3n) is 2.83. The number of fused-ring (bicyclic) bond motifs is 1. The van der Waals surface area contributed by atoms with Crippen molar-refractivity contribution in [3.63, 3.8) is 0 Å². The Kier molecular flexibility index (Phi) is 2.59. The van der Waals surface area contributed by atoms with Crippen LogP contribution in [0.15, 0.2) is 23.1 Å². The van der Waals surface area contributed by atoms with Crippen LogP contribution in [-0.4, -0.2) is 32.8 Å². The number of amides is 2. The number of urea groups is 1. The molecule has 0 atom stereocenters. The number of nitrogens with zero attached hydrogens (tertiary/aromatic N) is 2. The van der Waals surface area contributed by atoms with E-state index in [4.69, 9.17) is 5.73 Å². The maximum atomic E-state index is 12.1. The Hall–Kier alpha value is -1.60. The SMILES string of the molecule is CN1C(=O)N(C)S(=O)(=O)c2cccc(CN)c21. The Balaban J connectivity index is 2.82. The van der Waals surface area contributed by atoms with Gasteiger partial charge in [0.2, 0.25) is 0 Å². The first kappa shape index (κ1) is 11.9. The highest BCUT2D eigenvalue weighted by atomic mass is 32.2. The van der Waals surface area contributed by atoms with E-state index in [2.05, 4.69) is 0 Å². The Bertz CT molecular complexity index is 582. The van der Waals surface area contributed by atoms with Gasteiger partial charge in [0, 0.05) is 20.6 Å². The van der Waals surface area contributed by atoms with Gasteiger partial charge in [-0.2, -0.15) is 0 Å². The molecule has 1 aromatic rings. The molecule has 2 amide bonds. The molecule has 1 heterocycles. The molecule has 1 aromatic carbocycles. The van der Waals surface area contributed by atoms with Crippen LogP contribution in [-0.2, 0) is 16.6 Å². The molecule has 0 radical (unpaired) electrons. The van der Waals surface area contributed by atoms with Crippen LogP contribution in [0.2, 0.25) is 0 Å². The summed E-state index contributed by atoms with van der Waals surface area (Å²) < 4.78 is 24.9. The van der Waals surface area contributed by atoms with Crippen molar-refractivity contribution in [3.8, 4) is 0 Å². The monoisotopic (exact) mass is 255 g/mol. The van der Waals surface area contributed by atoms with Gasteiger partial charge in [0.25, 0.3) is 10.0 Å². The maximum absolute atomic E-state index is 12.1. The first-order valence-corrected chi connectivity index (χ1v) is 6.44. The molecule has 2 rings (SSSR count). The normalized spacial score (nSPS) is 18.2. The number of para-hydroxylation sites is 1. The van der Waals surface area contributed by atoms with Crippen molar-refractivity contribution >= 4 is 21.7 Å². The quantitative estimate of drug-likeness (QED) is 0.784. The molecule has 0 bridgehead atoms. The lowest BCUT2D eigenvalue weighted by atomic mass is 10.1. The Morgan fingerprint density at radius 1 is 1.29 bits per heavy atom. The average molecular weight is 255 g/mol. The molecule has 0 saturated carbocycles. The van der Waals surface area contributed by atoms with Gasteiger partial charge < -0.3 is 5.73 Å². The number of benzene rings is 1. The molecular weight excluding hydrogens is 242 g/mol. The third kappa shape index (κ3) is 1.50. The average Bonchev–Trinajstić information content (AvgIpc) is 2.33. The van der Waals surface area contributed by atoms with Crippen LogP contribution < -0.4 is 10.6 Å². The number of nitrogens with two attached hydrogens (primary N) is 1. The number of hydrogen-bond acceptors (Lipinski definition) is 4. The second kappa shape index (κ2) is 3.71. The highest BCUT2D eigenvalue weighted by Gasteiger charge is 2.38. The highest BCUT2D eigenvalue weighted by molar-refractivity contribution is 7.90. The highest BCUT2D eigenvalue weighted by Crippen LogP contribution is 2.35. The number of carbonyl (C=O) groups excluding carboxylic acids is 1. The number of rotatable bonds is 1. The summed E-state index contributed by atoms with van der Waals surface area (Å²) in [7, 11) is -0.973. The summed E-state index contributed by atoms with van der Waals surface area (Å²) in [6, 6.07) is 4.22. The number of anilines is 1. The van der Waals surface area contributed by atoms with Crippen LogP contribution in [0.3, 0.4) is 0 Å². The molecule has 1 aliphatic heterocycles. The van der Waals surface area contributed by atoms with Crippen LogP contribution in [0, 0.1) is 0 Å². The lowest BCUT2D eigenvalue weighted by Gasteiger charge is -2.33. The van der Waals surface area contributed by atoms with Gasteiger partial charge in [-0.3, -0.25) is 4.90 Å². The number of sulfonamides is 1. The first-order chi connectivity index (χ1) is 7.91. The van der Waals surface area contributed by atoms with E-state index in [0.717, 1.165) is 4.31 Å². The van der Waals surface area contributed by atoms with Gasteiger partial charge in [-0.15, -0.1) is 0 Å². The van der Waals surface area contributed by atoms with E-state index < -0.39 is 16.1 Å². The first-order valence-electron chi connectivity index (χ1n) is 5.00. The zero-order chi connectivity index (χ0) is 12.8. The van der Waals surface area contributed by atoms with Crippen molar-refractivity contribution in [1.29, 1.82) is 0 Å². The lowest BCUT2D eigenvalue weighted by molar-refractivity contribution is 0.234. The molecule has 0 unspecified atom stereocenters. The van der Waals surface area contributed by atoms with Gasteiger partial charge in [-0.1, -0.05) is 12.1 Å². The lowest BCUT2D eigenvalue weighted by Crippen LogP contribution is -2.47. The van der Waals surface area contributed by atoms with E-state index in [1.807, 2.05) is 0 Å². The Labute approximate surface area is 99.7 Å². The van der Waals surface area contributed by atoms with E-state index in [9.17, 15) is 13.2 Å². The van der Waals surface area contributed by atoms with Gasteiger partial charge in [-0.25, -0.2) is 17.5 Å². The summed E-state index contributed by atoms with van der Waals surface area (Å²) in [5, 5.41) is 0. The smallest absolute Gasteiger partial charge is 0.326 e. The minimum absolute atomic E-state index is 0.116. The van der Waals surface area contributed by atoms with Crippen LogP contribution in [0.25, 0.3) is 0 Å². The van der Waals surface area contributed by atoms with Crippen LogP contribution >= 0.6 is 0 Å². The zero-order valence-electron chi connectivity index (χ0n) is 9.54. The van der Waals surface area contributed by atoms with Crippen LogP contribution in [0.1, 0.15) is 5.56 Å². The third-order valence-corrected chi connectivity index (χ3v) is 4.60. The predicted octanol–water partition coefficient (Wildman–Crippen LogP) is 0.336. The van der Waals surface area contributed by atoms with E-state index in [1.54, 1.807) is 12.1 Å². The molecule has 1 aliphatic rings. The minimum atomic E-state index is -3.75. The molecule has 2 N–H and O–H groups in total. The van der Waals surface area contributed by atoms with Crippen molar-refractivity contribution in [2.75, 3.05) is 19.0 Å².